The van der Waals surface area contributed by atoms with Crippen molar-refractivity contribution in [3.05, 3.63) is 24.3 Å². The lowest BCUT2D eigenvalue weighted by atomic mass is 9.93. The topological polar surface area (TPSA) is 101 Å². The summed E-state index contributed by atoms with van der Waals surface area (Å²) < 4.78 is 22.3. The van der Waals surface area contributed by atoms with E-state index in [1.165, 1.54) is 24.3 Å². The highest BCUT2D eigenvalue weighted by molar-refractivity contribution is 7.89. The van der Waals surface area contributed by atoms with Crippen LogP contribution in [0.25, 0.3) is 0 Å². The van der Waals surface area contributed by atoms with Crippen LogP contribution in [-0.4, -0.2) is 26.4 Å². The molecule has 1 heterocycles. The van der Waals surface area contributed by atoms with Crippen molar-refractivity contribution in [3.8, 4) is 0 Å². The van der Waals surface area contributed by atoms with Crippen LogP contribution in [0.5, 0.6) is 0 Å². The van der Waals surface area contributed by atoms with Crippen molar-refractivity contribution in [2.75, 3.05) is 11.9 Å². The Balaban J connectivity index is 0.00000220. The maximum Gasteiger partial charge on any atom is 0.244 e. The van der Waals surface area contributed by atoms with E-state index in [1.807, 2.05) is 6.92 Å². The number of hydrogen-bond donors (Lipinski definition) is 3. The van der Waals surface area contributed by atoms with Gasteiger partial charge in [0, 0.05) is 5.69 Å². The Hall–Kier alpha value is -1.15. The Morgan fingerprint density at radius 3 is 2.43 bits per heavy atom. The summed E-state index contributed by atoms with van der Waals surface area (Å²) in [4.78, 5) is 12.4. The Morgan fingerprint density at radius 1 is 1.38 bits per heavy atom. The molecule has 2 rings (SSSR count). The van der Waals surface area contributed by atoms with Crippen LogP contribution in [0.15, 0.2) is 29.2 Å². The molecule has 0 spiro atoms. The van der Waals surface area contributed by atoms with Crippen LogP contribution < -0.4 is 15.8 Å². The highest BCUT2D eigenvalue weighted by Gasteiger charge is 2.38. The Kier molecular flexibility index (Phi) is 5.75. The SMILES string of the molecule is CCC1(C(=O)Nc2ccc(S(N)(=O)=O)cc2)CCCN1.Cl. The molecule has 0 bridgehead atoms. The van der Waals surface area contributed by atoms with E-state index in [-0.39, 0.29) is 23.2 Å². The van der Waals surface area contributed by atoms with E-state index in [0.717, 1.165) is 19.4 Å². The summed E-state index contributed by atoms with van der Waals surface area (Å²) in [7, 11) is -3.71. The Bertz CT molecular complexity index is 596. The van der Waals surface area contributed by atoms with Crippen molar-refractivity contribution in [1.29, 1.82) is 0 Å². The minimum absolute atomic E-state index is 0. The number of anilines is 1. The van der Waals surface area contributed by atoms with E-state index in [1.54, 1.807) is 0 Å². The van der Waals surface area contributed by atoms with Gasteiger partial charge in [-0.3, -0.25) is 4.79 Å². The monoisotopic (exact) mass is 333 g/mol. The van der Waals surface area contributed by atoms with E-state index in [2.05, 4.69) is 10.6 Å². The molecule has 1 fully saturated rings. The van der Waals surface area contributed by atoms with Crippen molar-refractivity contribution in [1.82, 2.24) is 5.32 Å². The first-order valence-corrected chi connectivity index (χ1v) is 8.11. The number of amides is 1. The first-order valence-electron chi connectivity index (χ1n) is 6.57. The van der Waals surface area contributed by atoms with Crippen LogP contribution in [0.1, 0.15) is 26.2 Å². The molecule has 8 heteroatoms. The molecule has 1 aliphatic rings. The Morgan fingerprint density at radius 2 is 2.00 bits per heavy atom. The molecule has 0 aromatic heterocycles. The highest BCUT2D eigenvalue weighted by atomic mass is 35.5. The number of primary sulfonamides is 1. The molecule has 0 radical (unpaired) electrons. The van der Waals surface area contributed by atoms with Gasteiger partial charge in [-0.25, -0.2) is 13.6 Å². The molecule has 1 amide bonds. The van der Waals surface area contributed by atoms with E-state index >= 15 is 0 Å². The van der Waals surface area contributed by atoms with Crippen LogP contribution in [0.4, 0.5) is 5.69 Å². The van der Waals surface area contributed by atoms with Gasteiger partial charge in [0.25, 0.3) is 0 Å². The summed E-state index contributed by atoms with van der Waals surface area (Å²) >= 11 is 0. The molecule has 21 heavy (non-hydrogen) atoms. The number of benzene rings is 1. The molecule has 1 aromatic rings. The molecule has 0 saturated carbocycles. The van der Waals surface area contributed by atoms with Gasteiger partial charge >= 0.3 is 0 Å². The number of hydrogen-bond acceptors (Lipinski definition) is 4. The van der Waals surface area contributed by atoms with Gasteiger partial charge in [0.05, 0.1) is 10.4 Å². The van der Waals surface area contributed by atoms with Crippen LogP contribution >= 0.6 is 12.4 Å². The van der Waals surface area contributed by atoms with Crippen LogP contribution in [0.2, 0.25) is 0 Å². The van der Waals surface area contributed by atoms with Crippen molar-refractivity contribution in [2.24, 2.45) is 5.14 Å². The second kappa shape index (κ2) is 6.74. The molecule has 1 saturated heterocycles. The van der Waals surface area contributed by atoms with Crippen LogP contribution in [0.3, 0.4) is 0 Å². The quantitative estimate of drug-likeness (QED) is 0.771. The summed E-state index contributed by atoms with van der Waals surface area (Å²) in [6, 6.07) is 5.84. The number of rotatable bonds is 4. The summed E-state index contributed by atoms with van der Waals surface area (Å²) in [5.41, 5.74) is 0.0439. The second-order valence-electron chi connectivity index (χ2n) is 4.99. The van der Waals surface area contributed by atoms with Crippen LogP contribution in [0, 0.1) is 0 Å². The van der Waals surface area contributed by atoms with Crippen molar-refractivity contribution < 1.29 is 13.2 Å². The number of carbonyl (C=O) groups is 1. The van der Waals surface area contributed by atoms with E-state index < -0.39 is 15.6 Å². The largest absolute Gasteiger partial charge is 0.324 e. The number of nitrogens with two attached hydrogens (primary N) is 1. The van der Waals surface area contributed by atoms with Crippen molar-refractivity contribution >= 4 is 34.0 Å². The minimum Gasteiger partial charge on any atom is -0.324 e. The zero-order valence-corrected chi connectivity index (χ0v) is 13.4. The van der Waals surface area contributed by atoms with Gasteiger partial charge in [0.15, 0.2) is 0 Å². The molecule has 118 valence electrons. The highest BCUT2D eigenvalue weighted by Crippen LogP contribution is 2.25. The molecule has 6 nitrogen and oxygen atoms in total. The van der Waals surface area contributed by atoms with Gasteiger partial charge in [-0.15, -0.1) is 12.4 Å². The number of nitrogens with one attached hydrogen (secondary N) is 2. The molecule has 1 aromatic carbocycles. The third-order valence-electron chi connectivity index (χ3n) is 3.72. The third-order valence-corrected chi connectivity index (χ3v) is 4.65. The lowest BCUT2D eigenvalue weighted by Gasteiger charge is -2.26. The van der Waals surface area contributed by atoms with Gasteiger partial charge < -0.3 is 10.6 Å². The smallest absolute Gasteiger partial charge is 0.244 e. The van der Waals surface area contributed by atoms with Crippen molar-refractivity contribution in [3.63, 3.8) is 0 Å². The average molecular weight is 334 g/mol. The zero-order valence-electron chi connectivity index (χ0n) is 11.8. The van der Waals surface area contributed by atoms with E-state index in [4.69, 9.17) is 5.14 Å². The number of sulfonamides is 1. The first kappa shape index (κ1) is 17.9. The van der Waals surface area contributed by atoms with Gasteiger partial charge in [0.1, 0.15) is 0 Å². The molecule has 0 aliphatic carbocycles. The molecule has 1 atom stereocenters. The summed E-state index contributed by atoms with van der Waals surface area (Å²) in [6.45, 7) is 2.81. The van der Waals surface area contributed by atoms with Gasteiger partial charge in [0.2, 0.25) is 15.9 Å². The second-order valence-corrected chi connectivity index (χ2v) is 6.55. The van der Waals surface area contributed by atoms with Crippen molar-refractivity contribution in [2.45, 2.75) is 36.6 Å². The third kappa shape index (κ3) is 3.94. The van der Waals surface area contributed by atoms with Gasteiger partial charge in [-0.2, -0.15) is 0 Å². The maximum absolute atomic E-state index is 12.3. The molecular formula is C13H20ClN3O3S. The van der Waals surface area contributed by atoms with E-state index in [9.17, 15) is 13.2 Å². The maximum atomic E-state index is 12.3. The summed E-state index contributed by atoms with van der Waals surface area (Å²) in [5, 5.41) is 11.1. The molecule has 4 N–H and O–H groups in total. The summed E-state index contributed by atoms with van der Waals surface area (Å²) in [6.07, 6.45) is 2.50. The Labute approximate surface area is 130 Å². The normalized spacial score (nSPS) is 21.6. The van der Waals surface area contributed by atoms with Gasteiger partial charge in [-0.1, -0.05) is 6.92 Å². The van der Waals surface area contributed by atoms with Gasteiger partial charge in [-0.05, 0) is 50.1 Å². The summed E-state index contributed by atoms with van der Waals surface area (Å²) in [5.74, 6) is -0.0825. The van der Waals surface area contributed by atoms with E-state index in [0.29, 0.717) is 12.1 Å². The van der Waals surface area contributed by atoms with Crippen LogP contribution in [-0.2, 0) is 14.8 Å². The predicted octanol–water partition coefficient (Wildman–Crippen LogP) is 1.23. The molecule has 1 aliphatic heterocycles. The fraction of sp³-hybridized carbons (Fsp3) is 0.462. The fourth-order valence-electron chi connectivity index (χ4n) is 2.44. The standard InChI is InChI=1S/C13H19N3O3S.ClH/c1-2-13(8-3-9-15-13)12(17)16-10-4-6-11(7-5-10)20(14,18)19;/h4-7,15H,2-3,8-9H2,1H3,(H,16,17)(H2,14,18,19);1H. The fourth-order valence-corrected chi connectivity index (χ4v) is 2.96. The number of halogens is 1. The zero-order chi connectivity index (χ0) is 14.8. The predicted molar refractivity (Wildman–Crippen MR) is 84.0 cm³/mol. The number of carbonyl (C=O) groups excluding carboxylic acids is 1. The first-order chi connectivity index (χ1) is 9.37. The lowest BCUT2D eigenvalue weighted by molar-refractivity contribution is -0.122. The molecule has 1 unspecified atom stereocenters. The lowest BCUT2D eigenvalue weighted by Crippen LogP contribution is -2.50. The average Bonchev–Trinajstić information content (AvgIpc) is 2.88. The minimum atomic E-state index is -3.71. The molecular weight excluding hydrogens is 314 g/mol.